The van der Waals surface area contributed by atoms with Crippen LogP contribution >= 0.6 is 0 Å². The third kappa shape index (κ3) is 2.98. The lowest BCUT2D eigenvalue weighted by Crippen LogP contribution is -2.60. The molecule has 1 aliphatic rings. The fourth-order valence-corrected chi connectivity index (χ4v) is 3.03. The molecule has 0 bridgehead atoms. The van der Waals surface area contributed by atoms with E-state index in [2.05, 4.69) is 27.1 Å². The highest BCUT2D eigenvalue weighted by Gasteiger charge is 2.36. The number of hydrogen-bond donors (Lipinski definition) is 3. The number of rotatable bonds is 3. The average Bonchev–Trinajstić information content (AvgIpc) is 2.93. The van der Waals surface area contributed by atoms with Crippen molar-refractivity contribution in [3.05, 3.63) is 29.6 Å². The molecule has 2 aromatic rings. The van der Waals surface area contributed by atoms with Crippen LogP contribution in [0, 0.1) is 17.3 Å². The summed E-state index contributed by atoms with van der Waals surface area (Å²) in [6.45, 7) is 3.80. The summed E-state index contributed by atoms with van der Waals surface area (Å²) in [4.78, 5) is 21.0. The van der Waals surface area contributed by atoms with Gasteiger partial charge in [0, 0.05) is 35.9 Å². The standard InChI is InChI=1S/C18H21N5O/c1-4-5-12-8-14-13(11-21-16(14)20-10-12)6-7-18(2)9-15(24)23(3)17(19)22-18/h8,10-11H,6-7,9H2,1-3H3,(H2,19,22)(H,20,21). The van der Waals surface area contributed by atoms with Crippen molar-refractivity contribution in [3.63, 3.8) is 0 Å². The Labute approximate surface area is 141 Å². The Morgan fingerprint density at radius 2 is 2.29 bits per heavy atom. The van der Waals surface area contributed by atoms with Crippen molar-refractivity contribution < 1.29 is 4.79 Å². The predicted molar refractivity (Wildman–Crippen MR) is 93.6 cm³/mol. The maximum absolute atomic E-state index is 12.0. The van der Waals surface area contributed by atoms with E-state index in [0.29, 0.717) is 6.42 Å². The topological polar surface area (TPSA) is 84.9 Å². The van der Waals surface area contributed by atoms with Crippen LogP contribution in [0.4, 0.5) is 0 Å². The molecule has 0 aliphatic carbocycles. The lowest BCUT2D eigenvalue weighted by atomic mass is 9.88. The van der Waals surface area contributed by atoms with E-state index in [1.54, 1.807) is 20.2 Å². The Bertz CT molecular complexity index is 852. The number of hydrogen-bond acceptors (Lipinski definition) is 3. The fraction of sp³-hybridized carbons (Fsp3) is 0.389. The molecule has 3 heterocycles. The summed E-state index contributed by atoms with van der Waals surface area (Å²) in [5, 5.41) is 12.1. The first kappa shape index (κ1) is 16.1. The Hall–Kier alpha value is -2.81. The molecule has 1 fully saturated rings. The number of aryl methyl sites for hydroxylation is 1. The summed E-state index contributed by atoms with van der Waals surface area (Å²) >= 11 is 0. The number of nitrogens with one attached hydrogen (secondary N) is 3. The van der Waals surface area contributed by atoms with Crippen molar-refractivity contribution in [1.29, 1.82) is 5.41 Å². The van der Waals surface area contributed by atoms with Crippen LogP contribution < -0.4 is 5.32 Å². The molecular weight excluding hydrogens is 302 g/mol. The smallest absolute Gasteiger partial charge is 0.231 e. The second-order valence-electron chi connectivity index (χ2n) is 6.47. The minimum Gasteiger partial charge on any atom is -0.350 e. The van der Waals surface area contributed by atoms with Crippen molar-refractivity contribution in [2.24, 2.45) is 0 Å². The van der Waals surface area contributed by atoms with Crippen LogP contribution in [0.25, 0.3) is 11.0 Å². The van der Waals surface area contributed by atoms with Gasteiger partial charge in [0.2, 0.25) is 5.91 Å². The molecule has 2 aromatic heterocycles. The van der Waals surface area contributed by atoms with Crippen molar-refractivity contribution in [2.75, 3.05) is 7.05 Å². The number of pyridine rings is 1. The quantitative estimate of drug-likeness (QED) is 0.755. The van der Waals surface area contributed by atoms with Crippen LogP contribution in [0.15, 0.2) is 18.5 Å². The zero-order valence-electron chi connectivity index (χ0n) is 14.2. The molecule has 124 valence electrons. The Morgan fingerprint density at radius 3 is 3.00 bits per heavy atom. The van der Waals surface area contributed by atoms with E-state index in [1.165, 1.54) is 4.90 Å². The number of carbonyl (C=O) groups is 1. The van der Waals surface area contributed by atoms with Gasteiger partial charge in [-0.2, -0.15) is 0 Å². The van der Waals surface area contributed by atoms with Crippen molar-refractivity contribution in [2.45, 2.75) is 38.6 Å². The molecule has 1 saturated heterocycles. The number of nitrogens with zero attached hydrogens (tertiary/aromatic N) is 2. The van der Waals surface area contributed by atoms with Crippen molar-refractivity contribution in [1.82, 2.24) is 20.2 Å². The minimum absolute atomic E-state index is 0.0256. The Kier molecular flexibility index (Phi) is 4.02. The zero-order valence-corrected chi connectivity index (χ0v) is 14.2. The molecule has 1 unspecified atom stereocenters. The molecule has 1 atom stereocenters. The zero-order chi connectivity index (χ0) is 17.3. The molecule has 6 heteroatoms. The van der Waals surface area contributed by atoms with Crippen LogP contribution in [0.5, 0.6) is 0 Å². The lowest BCUT2D eigenvalue weighted by molar-refractivity contribution is -0.129. The summed E-state index contributed by atoms with van der Waals surface area (Å²) in [6, 6.07) is 2.04. The van der Waals surface area contributed by atoms with E-state index in [9.17, 15) is 4.79 Å². The van der Waals surface area contributed by atoms with Crippen LogP contribution in [-0.4, -0.2) is 39.3 Å². The number of aromatic amines is 1. The number of guanidine groups is 1. The molecule has 3 N–H and O–H groups in total. The highest BCUT2D eigenvalue weighted by Crippen LogP contribution is 2.25. The number of carbonyl (C=O) groups excluding carboxylic acids is 1. The van der Waals surface area contributed by atoms with Crippen LogP contribution in [0.3, 0.4) is 0 Å². The second-order valence-corrected chi connectivity index (χ2v) is 6.47. The normalized spacial score (nSPS) is 20.7. The molecule has 0 radical (unpaired) electrons. The monoisotopic (exact) mass is 323 g/mol. The van der Waals surface area contributed by atoms with E-state index in [0.717, 1.165) is 35.0 Å². The van der Waals surface area contributed by atoms with Gasteiger partial charge in [0.05, 0.1) is 6.42 Å². The summed E-state index contributed by atoms with van der Waals surface area (Å²) in [5.74, 6) is 6.05. The van der Waals surface area contributed by atoms with Gasteiger partial charge in [-0.15, -0.1) is 5.92 Å². The number of aromatic nitrogens is 2. The van der Waals surface area contributed by atoms with E-state index < -0.39 is 5.54 Å². The van der Waals surface area contributed by atoms with Gasteiger partial charge < -0.3 is 10.3 Å². The maximum atomic E-state index is 12.0. The average molecular weight is 323 g/mol. The third-order valence-corrected chi connectivity index (χ3v) is 4.50. The van der Waals surface area contributed by atoms with Gasteiger partial charge in [0.1, 0.15) is 5.65 Å². The van der Waals surface area contributed by atoms with Gasteiger partial charge >= 0.3 is 0 Å². The first-order chi connectivity index (χ1) is 11.4. The number of H-pyrrole nitrogens is 1. The maximum Gasteiger partial charge on any atom is 0.231 e. The fourth-order valence-electron chi connectivity index (χ4n) is 3.03. The first-order valence-electron chi connectivity index (χ1n) is 7.94. The second kappa shape index (κ2) is 6.00. The van der Waals surface area contributed by atoms with Gasteiger partial charge in [0.25, 0.3) is 0 Å². The van der Waals surface area contributed by atoms with E-state index in [4.69, 9.17) is 5.41 Å². The van der Waals surface area contributed by atoms with Crippen LogP contribution in [-0.2, 0) is 11.2 Å². The molecular formula is C18H21N5O. The summed E-state index contributed by atoms with van der Waals surface area (Å²) < 4.78 is 0. The number of amides is 1. The molecule has 0 spiro atoms. The lowest BCUT2D eigenvalue weighted by Gasteiger charge is -2.39. The van der Waals surface area contributed by atoms with E-state index >= 15 is 0 Å². The molecule has 24 heavy (non-hydrogen) atoms. The Balaban J connectivity index is 1.80. The molecule has 6 nitrogen and oxygen atoms in total. The van der Waals surface area contributed by atoms with E-state index in [-0.39, 0.29) is 11.9 Å². The van der Waals surface area contributed by atoms with E-state index in [1.807, 2.05) is 19.2 Å². The highest BCUT2D eigenvalue weighted by atomic mass is 16.2. The highest BCUT2D eigenvalue weighted by molar-refractivity contribution is 5.98. The number of fused-ring (bicyclic) bond motifs is 1. The summed E-state index contributed by atoms with van der Waals surface area (Å²) in [6.07, 6.45) is 5.66. The van der Waals surface area contributed by atoms with Crippen molar-refractivity contribution in [3.8, 4) is 11.8 Å². The molecule has 1 amide bonds. The van der Waals surface area contributed by atoms with Gasteiger partial charge in [-0.05, 0) is 38.3 Å². The molecule has 0 aromatic carbocycles. The van der Waals surface area contributed by atoms with Crippen LogP contribution in [0.1, 0.15) is 37.8 Å². The van der Waals surface area contributed by atoms with Gasteiger partial charge in [-0.25, -0.2) is 4.98 Å². The first-order valence-corrected chi connectivity index (χ1v) is 7.94. The van der Waals surface area contributed by atoms with Gasteiger partial charge in [-0.3, -0.25) is 15.1 Å². The largest absolute Gasteiger partial charge is 0.350 e. The predicted octanol–water partition coefficient (Wildman–Crippen LogP) is 2.01. The minimum atomic E-state index is -0.404. The van der Waals surface area contributed by atoms with Crippen molar-refractivity contribution >= 4 is 22.9 Å². The van der Waals surface area contributed by atoms with Gasteiger partial charge in [-0.1, -0.05) is 5.92 Å². The molecule has 0 saturated carbocycles. The van der Waals surface area contributed by atoms with Crippen LogP contribution in [0.2, 0.25) is 0 Å². The van der Waals surface area contributed by atoms with Gasteiger partial charge in [0.15, 0.2) is 5.96 Å². The Morgan fingerprint density at radius 1 is 1.50 bits per heavy atom. The SMILES string of the molecule is CC#Cc1cnc2[nH]cc(CCC3(C)CC(=O)N(C)C(=N)N3)c2c1. The third-order valence-electron chi connectivity index (χ3n) is 4.50. The molecule has 1 aliphatic heterocycles. The molecule has 3 rings (SSSR count). The summed E-state index contributed by atoms with van der Waals surface area (Å²) in [7, 11) is 1.62. The summed E-state index contributed by atoms with van der Waals surface area (Å²) in [5.41, 5.74) is 2.49.